The minimum absolute atomic E-state index is 0.163. The van der Waals surface area contributed by atoms with E-state index in [4.69, 9.17) is 26.2 Å². The first kappa shape index (κ1) is 20.0. The number of carboxylic acid groups (broad SMARTS) is 1. The second kappa shape index (κ2) is 8.86. The zero-order chi connectivity index (χ0) is 19.3. The smallest absolute Gasteiger partial charge is 0.328 e. The molecule has 1 aromatic rings. The Bertz CT molecular complexity index is 696. The number of halogens is 1. The molecule has 1 heterocycles. The van der Waals surface area contributed by atoms with E-state index in [0.29, 0.717) is 30.2 Å². The van der Waals surface area contributed by atoms with E-state index in [1.165, 1.54) is 25.2 Å². The number of likely N-dealkylation sites (tertiary alicyclic amines) is 1. The van der Waals surface area contributed by atoms with Crippen LogP contribution in [0, 0.1) is 0 Å². The maximum absolute atomic E-state index is 12.9. The van der Waals surface area contributed by atoms with Crippen LogP contribution in [-0.4, -0.2) is 67.2 Å². The number of benzene rings is 1. The van der Waals surface area contributed by atoms with E-state index in [2.05, 4.69) is 5.32 Å². The van der Waals surface area contributed by atoms with Gasteiger partial charge in [0, 0.05) is 18.7 Å². The van der Waals surface area contributed by atoms with Gasteiger partial charge in [0.2, 0.25) is 5.91 Å². The zero-order valence-electron chi connectivity index (χ0n) is 14.5. The van der Waals surface area contributed by atoms with Crippen molar-refractivity contribution in [3.8, 4) is 5.75 Å². The molecule has 0 bridgehead atoms. The molecule has 8 nitrogen and oxygen atoms in total. The van der Waals surface area contributed by atoms with Gasteiger partial charge in [0.05, 0.1) is 19.3 Å². The highest BCUT2D eigenvalue weighted by atomic mass is 35.5. The Kier molecular flexibility index (Phi) is 6.82. The number of nitrogens with zero attached hydrogens (tertiary/aromatic N) is 1. The lowest BCUT2D eigenvalue weighted by molar-refractivity contribution is -0.143. The molecule has 142 valence electrons. The molecule has 2 atom stereocenters. The normalized spacial score (nSPS) is 17.7. The predicted molar refractivity (Wildman–Crippen MR) is 93.5 cm³/mol. The van der Waals surface area contributed by atoms with Crippen molar-refractivity contribution >= 4 is 29.4 Å². The van der Waals surface area contributed by atoms with E-state index in [1.807, 2.05) is 0 Å². The molecule has 0 spiro atoms. The van der Waals surface area contributed by atoms with Gasteiger partial charge in [-0.2, -0.15) is 0 Å². The van der Waals surface area contributed by atoms with E-state index >= 15 is 0 Å². The minimum Gasteiger partial charge on any atom is -0.496 e. The van der Waals surface area contributed by atoms with Crippen molar-refractivity contribution in [1.29, 1.82) is 0 Å². The van der Waals surface area contributed by atoms with Crippen LogP contribution in [0.1, 0.15) is 23.2 Å². The van der Waals surface area contributed by atoms with Gasteiger partial charge in [-0.15, -0.1) is 0 Å². The minimum atomic E-state index is -1.20. The summed E-state index contributed by atoms with van der Waals surface area (Å²) in [7, 11) is 2.79. The second-order valence-corrected chi connectivity index (χ2v) is 6.29. The highest BCUT2D eigenvalue weighted by Crippen LogP contribution is 2.27. The molecular weight excluding hydrogens is 364 g/mol. The monoisotopic (exact) mass is 384 g/mol. The molecule has 0 radical (unpaired) electrons. The van der Waals surface area contributed by atoms with Crippen LogP contribution >= 0.6 is 11.6 Å². The number of hydrogen-bond donors (Lipinski definition) is 2. The number of amides is 2. The van der Waals surface area contributed by atoms with Gasteiger partial charge >= 0.3 is 5.97 Å². The summed E-state index contributed by atoms with van der Waals surface area (Å²) < 4.78 is 10.0. The lowest BCUT2D eigenvalue weighted by atomic mass is 10.1. The van der Waals surface area contributed by atoms with Crippen molar-refractivity contribution in [2.45, 2.75) is 24.9 Å². The molecule has 2 rings (SSSR count). The highest BCUT2D eigenvalue weighted by molar-refractivity contribution is 6.31. The molecular formula is C17H21ClN2O6. The summed E-state index contributed by atoms with van der Waals surface area (Å²) in [5.41, 5.74) is 0.256. The summed E-state index contributed by atoms with van der Waals surface area (Å²) in [4.78, 5) is 38.0. The van der Waals surface area contributed by atoms with Gasteiger partial charge in [-0.1, -0.05) is 11.6 Å². The third-order valence-corrected chi connectivity index (χ3v) is 4.39. The molecule has 1 aromatic carbocycles. The van der Waals surface area contributed by atoms with E-state index in [1.54, 1.807) is 12.1 Å². The predicted octanol–water partition coefficient (Wildman–Crippen LogP) is 1.17. The van der Waals surface area contributed by atoms with Crippen LogP contribution in [-0.2, 0) is 14.3 Å². The van der Waals surface area contributed by atoms with Crippen molar-refractivity contribution in [2.75, 3.05) is 27.4 Å². The van der Waals surface area contributed by atoms with Crippen molar-refractivity contribution in [3.05, 3.63) is 28.8 Å². The molecule has 0 saturated carbocycles. The van der Waals surface area contributed by atoms with Gasteiger partial charge < -0.3 is 24.8 Å². The standard InChI is InChI=1S/C17H21ClN2O6/c1-25-9-12(17(23)24)19-15(21)13-4-3-7-20(13)16(22)11-8-10(18)5-6-14(11)26-2/h5-6,8,12-13H,3-4,7,9H2,1-2H3,(H,19,21)(H,23,24). The molecule has 2 unspecified atom stereocenters. The van der Waals surface area contributed by atoms with Crippen LogP contribution in [0.25, 0.3) is 0 Å². The molecule has 26 heavy (non-hydrogen) atoms. The van der Waals surface area contributed by atoms with Crippen LogP contribution in [0.2, 0.25) is 5.02 Å². The summed E-state index contributed by atoms with van der Waals surface area (Å²) in [5, 5.41) is 11.9. The Morgan fingerprint density at radius 1 is 1.38 bits per heavy atom. The Hall–Kier alpha value is -2.32. The summed E-state index contributed by atoms with van der Waals surface area (Å²) in [6.07, 6.45) is 1.08. The Morgan fingerprint density at radius 2 is 2.12 bits per heavy atom. The van der Waals surface area contributed by atoms with Crippen LogP contribution < -0.4 is 10.1 Å². The Morgan fingerprint density at radius 3 is 2.73 bits per heavy atom. The van der Waals surface area contributed by atoms with E-state index < -0.39 is 24.0 Å². The first-order valence-corrected chi connectivity index (χ1v) is 8.43. The number of rotatable bonds is 7. The number of ether oxygens (including phenoxy) is 2. The lowest BCUT2D eigenvalue weighted by Crippen LogP contribution is -2.52. The molecule has 1 saturated heterocycles. The van der Waals surface area contributed by atoms with Gasteiger partial charge in [-0.05, 0) is 31.0 Å². The molecule has 0 aliphatic carbocycles. The highest BCUT2D eigenvalue weighted by Gasteiger charge is 2.37. The first-order valence-electron chi connectivity index (χ1n) is 8.05. The van der Waals surface area contributed by atoms with Crippen molar-refractivity contribution in [2.24, 2.45) is 0 Å². The van der Waals surface area contributed by atoms with Crippen LogP contribution in [0.15, 0.2) is 18.2 Å². The largest absolute Gasteiger partial charge is 0.496 e. The molecule has 9 heteroatoms. The van der Waals surface area contributed by atoms with Crippen molar-refractivity contribution in [3.63, 3.8) is 0 Å². The summed E-state index contributed by atoms with van der Waals surface area (Å²) in [6.45, 7) is 0.221. The van der Waals surface area contributed by atoms with Gasteiger partial charge in [0.1, 0.15) is 11.8 Å². The van der Waals surface area contributed by atoms with Gasteiger partial charge in [0.15, 0.2) is 6.04 Å². The van der Waals surface area contributed by atoms with E-state index in [9.17, 15) is 14.4 Å². The number of aliphatic carboxylic acids is 1. The number of hydrogen-bond acceptors (Lipinski definition) is 5. The fourth-order valence-corrected chi connectivity index (χ4v) is 3.07. The number of carboxylic acids is 1. The van der Waals surface area contributed by atoms with Gasteiger partial charge in [-0.3, -0.25) is 9.59 Å². The Labute approximate surface area is 156 Å². The molecule has 1 fully saturated rings. The number of nitrogens with one attached hydrogen (secondary N) is 1. The van der Waals surface area contributed by atoms with Gasteiger partial charge in [0.25, 0.3) is 5.91 Å². The quantitative estimate of drug-likeness (QED) is 0.731. The Balaban J connectivity index is 2.19. The number of methoxy groups -OCH3 is 2. The summed E-state index contributed by atoms with van der Waals surface area (Å²) in [6, 6.07) is 2.74. The first-order chi connectivity index (χ1) is 12.4. The fourth-order valence-electron chi connectivity index (χ4n) is 2.89. The van der Waals surface area contributed by atoms with E-state index in [-0.39, 0.29) is 18.1 Å². The molecule has 2 amide bonds. The summed E-state index contributed by atoms with van der Waals surface area (Å²) in [5.74, 6) is -1.76. The third kappa shape index (κ3) is 4.44. The second-order valence-electron chi connectivity index (χ2n) is 5.86. The number of carbonyl (C=O) groups is 3. The van der Waals surface area contributed by atoms with Crippen LogP contribution in [0.4, 0.5) is 0 Å². The molecule has 1 aliphatic rings. The van der Waals surface area contributed by atoms with E-state index in [0.717, 1.165) is 0 Å². The third-order valence-electron chi connectivity index (χ3n) is 4.16. The lowest BCUT2D eigenvalue weighted by Gasteiger charge is -2.26. The average Bonchev–Trinajstić information content (AvgIpc) is 3.10. The van der Waals surface area contributed by atoms with Crippen LogP contribution in [0.3, 0.4) is 0 Å². The molecule has 2 N–H and O–H groups in total. The van der Waals surface area contributed by atoms with Crippen LogP contribution in [0.5, 0.6) is 5.75 Å². The number of carbonyl (C=O) groups excluding carboxylic acids is 2. The maximum Gasteiger partial charge on any atom is 0.328 e. The SMILES string of the molecule is COCC(NC(=O)C1CCCN1C(=O)c1cc(Cl)ccc1OC)C(=O)O. The molecule has 0 aromatic heterocycles. The summed E-state index contributed by atoms with van der Waals surface area (Å²) >= 11 is 5.98. The van der Waals surface area contributed by atoms with Crippen molar-refractivity contribution in [1.82, 2.24) is 10.2 Å². The maximum atomic E-state index is 12.9. The zero-order valence-corrected chi connectivity index (χ0v) is 15.3. The fraction of sp³-hybridized carbons (Fsp3) is 0.471. The topological polar surface area (TPSA) is 105 Å². The molecule has 1 aliphatic heterocycles. The average molecular weight is 385 g/mol. The van der Waals surface area contributed by atoms with Gasteiger partial charge in [-0.25, -0.2) is 4.79 Å². The van der Waals surface area contributed by atoms with Crippen molar-refractivity contribution < 1.29 is 29.0 Å².